The molecule has 6 heavy (non-hydrogen) atoms. The normalized spacial score (nSPS) is 36.0. The van der Waals surface area contributed by atoms with Crippen molar-refractivity contribution in [2.45, 2.75) is 19.4 Å². The molecule has 1 rings (SSSR count). The first-order chi connectivity index (χ1) is 2.80. The van der Waals surface area contributed by atoms with E-state index < -0.39 is 0 Å². The molecule has 1 aliphatic heterocycles. The molecule has 0 aromatic heterocycles. The molecular weight excluding hydrogens is 93.0 g/mol. The molecule has 1 heterocycles. The SMILES string of the molecule is CC1CCN1P. The lowest BCUT2D eigenvalue weighted by atomic mass is 10.1. The van der Waals surface area contributed by atoms with Crippen molar-refractivity contribution < 1.29 is 0 Å². The van der Waals surface area contributed by atoms with Crippen molar-refractivity contribution >= 4 is 9.39 Å². The first-order valence-electron chi connectivity index (χ1n) is 2.32. The van der Waals surface area contributed by atoms with Crippen LogP contribution in [-0.4, -0.2) is 17.3 Å². The number of nitrogens with zero attached hydrogens (tertiary/aromatic N) is 1. The van der Waals surface area contributed by atoms with Crippen LogP contribution in [0.1, 0.15) is 13.3 Å². The summed E-state index contributed by atoms with van der Waals surface area (Å²) in [6.07, 6.45) is 1.38. The third kappa shape index (κ3) is 0.572. The fourth-order valence-corrected chi connectivity index (χ4v) is 0.835. The maximum atomic E-state index is 2.69. The molecule has 0 bridgehead atoms. The molecule has 1 saturated heterocycles. The Bertz CT molecular complexity index is 47.5. The molecule has 0 saturated carbocycles. The second-order valence-corrected chi connectivity index (χ2v) is 2.54. The predicted molar refractivity (Wildman–Crippen MR) is 30.5 cm³/mol. The van der Waals surface area contributed by atoms with Crippen LogP contribution in [0.5, 0.6) is 0 Å². The van der Waals surface area contributed by atoms with Crippen LogP contribution >= 0.6 is 9.39 Å². The molecule has 2 heteroatoms. The van der Waals surface area contributed by atoms with E-state index in [1.807, 2.05) is 0 Å². The first kappa shape index (κ1) is 4.55. The Labute approximate surface area is 41.0 Å². The summed E-state index contributed by atoms with van der Waals surface area (Å²) in [6.45, 7) is 3.50. The molecule has 36 valence electrons. The summed E-state index contributed by atoms with van der Waals surface area (Å²) in [7, 11) is 2.69. The highest BCUT2D eigenvalue weighted by atomic mass is 31.0. The zero-order valence-corrected chi connectivity index (χ0v) is 5.17. The summed E-state index contributed by atoms with van der Waals surface area (Å²) in [6, 6.07) is 0.829. The molecule has 2 atom stereocenters. The van der Waals surface area contributed by atoms with E-state index in [9.17, 15) is 0 Å². The molecular formula is C4H10NP. The summed E-state index contributed by atoms with van der Waals surface area (Å²) < 4.78 is 2.26. The van der Waals surface area contributed by atoms with E-state index in [-0.39, 0.29) is 0 Å². The van der Waals surface area contributed by atoms with Crippen molar-refractivity contribution in [2.24, 2.45) is 0 Å². The van der Waals surface area contributed by atoms with E-state index in [0.717, 1.165) is 6.04 Å². The highest BCUT2D eigenvalue weighted by Crippen LogP contribution is 2.19. The molecule has 1 fully saturated rings. The fraction of sp³-hybridized carbons (Fsp3) is 1.00. The molecule has 0 radical (unpaired) electrons. The van der Waals surface area contributed by atoms with Crippen molar-refractivity contribution in [1.29, 1.82) is 0 Å². The van der Waals surface area contributed by atoms with Crippen LogP contribution in [0, 0.1) is 0 Å². The van der Waals surface area contributed by atoms with E-state index in [2.05, 4.69) is 21.0 Å². The first-order valence-corrected chi connectivity index (χ1v) is 2.83. The summed E-state index contributed by atoms with van der Waals surface area (Å²) in [5.74, 6) is 0. The molecule has 0 amide bonds. The number of hydrogen-bond acceptors (Lipinski definition) is 1. The van der Waals surface area contributed by atoms with Crippen molar-refractivity contribution in [3.63, 3.8) is 0 Å². The monoisotopic (exact) mass is 103 g/mol. The third-order valence-electron chi connectivity index (χ3n) is 1.37. The summed E-state index contributed by atoms with van der Waals surface area (Å²) >= 11 is 0. The lowest BCUT2D eigenvalue weighted by Gasteiger charge is -2.34. The van der Waals surface area contributed by atoms with Gasteiger partial charge in [0.05, 0.1) is 0 Å². The van der Waals surface area contributed by atoms with Crippen LogP contribution in [0.2, 0.25) is 0 Å². The van der Waals surface area contributed by atoms with Gasteiger partial charge in [0.15, 0.2) is 0 Å². The van der Waals surface area contributed by atoms with E-state index in [0.29, 0.717) is 0 Å². The summed E-state index contributed by atoms with van der Waals surface area (Å²) in [5, 5.41) is 0. The molecule has 0 aliphatic carbocycles. The van der Waals surface area contributed by atoms with Gasteiger partial charge in [0, 0.05) is 12.6 Å². The standard InChI is InChI=1S/C4H10NP/c1-4-2-3-5(4)6/h4H,2-3,6H2,1H3. The Hall–Kier alpha value is 0.390. The second kappa shape index (κ2) is 1.48. The molecule has 1 nitrogen and oxygen atoms in total. The van der Waals surface area contributed by atoms with Crippen LogP contribution in [0.15, 0.2) is 0 Å². The third-order valence-corrected chi connectivity index (χ3v) is 2.14. The zero-order valence-electron chi connectivity index (χ0n) is 4.02. The van der Waals surface area contributed by atoms with E-state index in [1.165, 1.54) is 13.0 Å². The van der Waals surface area contributed by atoms with Gasteiger partial charge in [-0.2, -0.15) is 0 Å². The van der Waals surface area contributed by atoms with Crippen molar-refractivity contribution in [3.8, 4) is 0 Å². The molecule has 1 aliphatic rings. The van der Waals surface area contributed by atoms with Gasteiger partial charge in [0.1, 0.15) is 0 Å². The lowest BCUT2D eigenvalue weighted by Crippen LogP contribution is -2.37. The van der Waals surface area contributed by atoms with Crippen LogP contribution < -0.4 is 0 Å². The van der Waals surface area contributed by atoms with E-state index in [4.69, 9.17) is 0 Å². The minimum absolute atomic E-state index is 0.829. The smallest absolute Gasteiger partial charge is 0.0113 e. The average molecular weight is 103 g/mol. The molecule has 2 unspecified atom stereocenters. The Balaban J connectivity index is 2.20. The van der Waals surface area contributed by atoms with Gasteiger partial charge in [-0.3, -0.25) is 4.67 Å². The Kier molecular flexibility index (Phi) is 1.12. The zero-order chi connectivity index (χ0) is 4.57. The van der Waals surface area contributed by atoms with E-state index in [1.54, 1.807) is 0 Å². The summed E-state index contributed by atoms with van der Waals surface area (Å²) in [4.78, 5) is 0. The minimum Gasteiger partial charge on any atom is -0.285 e. The number of hydrogen-bond donors (Lipinski definition) is 0. The van der Waals surface area contributed by atoms with Gasteiger partial charge in [0.2, 0.25) is 0 Å². The average Bonchev–Trinajstić information content (AvgIpc) is 1.61. The van der Waals surface area contributed by atoms with Gasteiger partial charge < -0.3 is 0 Å². The highest BCUT2D eigenvalue weighted by Gasteiger charge is 2.17. The number of rotatable bonds is 0. The van der Waals surface area contributed by atoms with Crippen molar-refractivity contribution in [1.82, 2.24) is 4.67 Å². The summed E-state index contributed by atoms with van der Waals surface area (Å²) in [5.41, 5.74) is 0. The molecule has 0 N–H and O–H groups in total. The Morgan fingerprint density at radius 3 is 2.33 bits per heavy atom. The minimum atomic E-state index is 0.829. The maximum Gasteiger partial charge on any atom is 0.0113 e. The van der Waals surface area contributed by atoms with Crippen LogP contribution in [0.3, 0.4) is 0 Å². The van der Waals surface area contributed by atoms with Crippen LogP contribution in [-0.2, 0) is 0 Å². The van der Waals surface area contributed by atoms with Crippen molar-refractivity contribution in [2.75, 3.05) is 6.54 Å². The van der Waals surface area contributed by atoms with Gasteiger partial charge in [-0.05, 0) is 13.3 Å². The molecule has 0 spiro atoms. The molecule has 0 aromatic rings. The van der Waals surface area contributed by atoms with Crippen LogP contribution in [0.4, 0.5) is 0 Å². The van der Waals surface area contributed by atoms with Gasteiger partial charge in [0.25, 0.3) is 0 Å². The van der Waals surface area contributed by atoms with Gasteiger partial charge in [-0.25, -0.2) is 0 Å². The second-order valence-electron chi connectivity index (χ2n) is 1.88. The maximum absolute atomic E-state index is 2.69. The van der Waals surface area contributed by atoms with Gasteiger partial charge in [-0.15, -0.1) is 0 Å². The Morgan fingerprint density at radius 1 is 1.83 bits per heavy atom. The van der Waals surface area contributed by atoms with Crippen molar-refractivity contribution in [3.05, 3.63) is 0 Å². The fourth-order valence-electron chi connectivity index (χ4n) is 0.536. The van der Waals surface area contributed by atoms with Crippen LogP contribution in [0.25, 0.3) is 0 Å². The topological polar surface area (TPSA) is 3.24 Å². The lowest BCUT2D eigenvalue weighted by molar-refractivity contribution is 0.239. The van der Waals surface area contributed by atoms with E-state index >= 15 is 0 Å². The predicted octanol–water partition coefficient (Wildman–Crippen LogP) is 0.871. The quantitative estimate of drug-likeness (QED) is 0.411. The highest BCUT2D eigenvalue weighted by molar-refractivity contribution is 7.13. The Morgan fingerprint density at radius 2 is 2.33 bits per heavy atom. The molecule has 0 aromatic carbocycles. The van der Waals surface area contributed by atoms with Gasteiger partial charge >= 0.3 is 0 Å². The van der Waals surface area contributed by atoms with Gasteiger partial charge in [-0.1, -0.05) is 9.39 Å². The largest absolute Gasteiger partial charge is 0.285 e.